The van der Waals surface area contributed by atoms with E-state index in [2.05, 4.69) is 10.4 Å². The quantitative estimate of drug-likeness (QED) is 0.236. The number of halogens is 8. The van der Waals surface area contributed by atoms with E-state index in [9.17, 15) is 49.5 Å². The Morgan fingerprint density at radius 2 is 1.34 bits per heavy atom. The Balaban J connectivity index is 0.000000425. The summed E-state index contributed by atoms with van der Waals surface area (Å²) < 4.78 is 93.5. The van der Waals surface area contributed by atoms with Crippen molar-refractivity contribution >= 4 is 34.7 Å². The van der Waals surface area contributed by atoms with Gasteiger partial charge in [-0.3, -0.25) is 19.1 Å². The molecule has 0 aliphatic carbocycles. The van der Waals surface area contributed by atoms with E-state index in [1.165, 1.54) is 30.5 Å². The average molecular weight is 800 g/mol. The van der Waals surface area contributed by atoms with Gasteiger partial charge < -0.3 is 25.3 Å². The molecule has 2 aliphatic heterocycles. The van der Waals surface area contributed by atoms with Gasteiger partial charge in [-0.2, -0.15) is 31.4 Å². The molecular weight excluding hydrogens is 766 g/mol. The van der Waals surface area contributed by atoms with E-state index in [4.69, 9.17) is 19.8 Å². The fourth-order valence-electron chi connectivity index (χ4n) is 6.05. The molecule has 56 heavy (non-hydrogen) atoms. The highest BCUT2D eigenvalue weighted by Crippen LogP contribution is 2.28. The van der Waals surface area contributed by atoms with E-state index >= 15 is 0 Å². The second-order valence-corrected chi connectivity index (χ2v) is 12.6. The number of nitrogens with one attached hydrogen (secondary N) is 1. The second-order valence-electron chi connectivity index (χ2n) is 12.6. The lowest BCUT2D eigenvalue weighted by Gasteiger charge is -2.40. The van der Waals surface area contributed by atoms with Crippen molar-refractivity contribution in [3.05, 3.63) is 111 Å². The Kier molecular flexibility index (Phi) is 13.5. The van der Waals surface area contributed by atoms with Crippen LogP contribution in [0, 0.1) is 11.6 Å². The van der Waals surface area contributed by atoms with Crippen LogP contribution in [0.3, 0.4) is 0 Å². The van der Waals surface area contributed by atoms with Gasteiger partial charge in [-0.1, -0.05) is 30.3 Å². The first kappa shape index (κ1) is 42.8. The smallest absolute Gasteiger partial charge is 0.475 e. The number of carboxylic acid groups (broad SMARTS) is 2. The molecule has 4 aromatic rings. The van der Waals surface area contributed by atoms with Gasteiger partial charge in [0.25, 0.3) is 5.91 Å². The highest BCUT2D eigenvalue weighted by Gasteiger charge is 2.44. The summed E-state index contributed by atoms with van der Waals surface area (Å²) in [7, 11) is 0. The van der Waals surface area contributed by atoms with Crippen molar-refractivity contribution in [1.29, 1.82) is 0 Å². The Morgan fingerprint density at radius 1 is 0.786 bits per heavy atom. The van der Waals surface area contributed by atoms with Crippen molar-refractivity contribution in [3.8, 4) is 0 Å². The van der Waals surface area contributed by atoms with Gasteiger partial charge in [0.15, 0.2) is 0 Å². The normalized spacial score (nSPS) is 17.0. The van der Waals surface area contributed by atoms with E-state index < -0.39 is 41.6 Å². The molecule has 3 N–H and O–H groups in total. The lowest BCUT2D eigenvalue weighted by atomic mass is 9.87. The van der Waals surface area contributed by atoms with Crippen LogP contribution in [0.2, 0.25) is 0 Å². The average Bonchev–Trinajstić information content (AvgIpc) is 3.63. The molecule has 2 fully saturated rings. The van der Waals surface area contributed by atoms with Gasteiger partial charge >= 0.3 is 24.3 Å². The number of rotatable bonds is 6. The number of fused-ring (bicyclic) bond motifs is 1. The molecule has 3 aromatic carbocycles. The number of hydrogen-bond acceptors (Lipinski definition) is 7. The molecule has 0 spiro atoms. The van der Waals surface area contributed by atoms with Crippen molar-refractivity contribution in [2.24, 2.45) is 0 Å². The van der Waals surface area contributed by atoms with E-state index in [-0.39, 0.29) is 42.4 Å². The maximum absolute atomic E-state index is 14.9. The molecule has 2 saturated heterocycles. The lowest BCUT2D eigenvalue weighted by Crippen LogP contribution is -2.60. The van der Waals surface area contributed by atoms with E-state index in [1.807, 2.05) is 6.07 Å². The molecule has 0 bridgehead atoms. The summed E-state index contributed by atoms with van der Waals surface area (Å²) in [5.41, 5.74) is 1.22. The standard InChI is InChI=1S/C32H31F2N5O3.2C2HF3O2/c33-24-9-6-22(7-10-24)19-32(12-3-13-35-32)31(42)38-16-14-37(15-17-38)30(41)26-18-23(8-11-27(26)34)21-39-28-5-2-1-4-25(28)29(40)20-36-39;2*3-2(4,5)1(6)7/h1-2,4-11,18,20,35H,3,12-17,19,21H2;2*(H,6,7)/t32-;;/m0../s1. The van der Waals surface area contributed by atoms with Crippen LogP contribution >= 0.6 is 0 Å². The fourth-order valence-corrected chi connectivity index (χ4v) is 6.05. The number of amides is 2. The minimum atomic E-state index is -5.08. The van der Waals surface area contributed by atoms with Crippen molar-refractivity contribution in [2.75, 3.05) is 32.7 Å². The highest BCUT2D eigenvalue weighted by atomic mass is 19.4. The number of piperazine rings is 1. The summed E-state index contributed by atoms with van der Waals surface area (Å²) in [5, 5.41) is 22.4. The van der Waals surface area contributed by atoms with Crippen LogP contribution in [0.15, 0.2) is 77.7 Å². The van der Waals surface area contributed by atoms with Crippen LogP contribution in [0.4, 0.5) is 35.1 Å². The number of benzene rings is 3. The maximum Gasteiger partial charge on any atom is 0.490 e. The van der Waals surface area contributed by atoms with Crippen LogP contribution in [0.25, 0.3) is 10.9 Å². The van der Waals surface area contributed by atoms with Gasteiger partial charge in [-0.05, 0) is 73.3 Å². The molecule has 3 heterocycles. The molecule has 0 saturated carbocycles. The summed E-state index contributed by atoms with van der Waals surface area (Å²) in [6.45, 7) is 2.23. The van der Waals surface area contributed by atoms with Gasteiger partial charge in [0.1, 0.15) is 17.2 Å². The van der Waals surface area contributed by atoms with Crippen molar-refractivity contribution in [2.45, 2.75) is 43.7 Å². The minimum Gasteiger partial charge on any atom is -0.475 e. The summed E-state index contributed by atoms with van der Waals surface area (Å²) in [5.74, 6) is -6.90. The van der Waals surface area contributed by atoms with Crippen LogP contribution in [-0.2, 0) is 27.3 Å². The predicted molar refractivity (Wildman–Crippen MR) is 181 cm³/mol. The number of aromatic nitrogens is 2. The predicted octanol–water partition coefficient (Wildman–Crippen LogP) is 4.64. The SMILES string of the molecule is O=C(O)C(F)(F)F.O=C(O)C(F)(F)F.O=C(c1cc(Cn2ncc(=O)c3ccccc32)ccc1F)N1CCN(C(=O)[C@@]2(Cc3ccc(F)cc3)CCCN2)CC1. The van der Waals surface area contributed by atoms with E-state index in [0.717, 1.165) is 18.5 Å². The molecule has 0 unspecified atom stereocenters. The molecule has 2 amide bonds. The van der Waals surface area contributed by atoms with Gasteiger partial charge in [0.05, 0.1) is 23.8 Å². The first-order valence-corrected chi connectivity index (χ1v) is 16.6. The molecule has 6 rings (SSSR count). The third-order valence-corrected chi connectivity index (χ3v) is 8.77. The molecule has 0 radical (unpaired) electrons. The summed E-state index contributed by atoms with van der Waals surface area (Å²) in [6, 6.07) is 17.8. The molecule has 1 aromatic heterocycles. The van der Waals surface area contributed by atoms with Gasteiger partial charge in [0, 0.05) is 31.6 Å². The Hall–Kier alpha value is -5.92. The maximum atomic E-state index is 14.9. The second kappa shape index (κ2) is 17.7. The largest absolute Gasteiger partial charge is 0.490 e. The number of carbonyl (C=O) groups excluding carboxylic acids is 2. The summed E-state index contributed by atoms with van der Waals surface area (Å²) in [4.78, 5) is 60.5. The number of hydrogen-bond donors (Lipinski definition) is 3. The molecule has 12 nitrogen and oxygen atoms in total. The summed E-state index contributed by atoms with van der Waals surface area (Å²) in [6.07, 6.45) is -6.90. The molecule has 1 atom stereocenters. The lowest BCUT2D eigenvalue weighted by molar-refractivity contribution is -0.193. The summed E-state index contributed by atoms with van der Waals surface area (Å²) >= 11 is 0. The minimum absolute atomic E-state index is 0.0227. The van der Waals surface area contributed by atoms with E-state index in [1.54, 1.807) is 50.9 Å². The zero-order valence-corrected chi connectivity index (χ0v) is 29.0. The highest BCUT2D eigenvalue weighted by molar-refractivity contribution is 5.95. The first-order chi connectivity index (χ1) is 26.2. The monoisotopic (exact) mass is 799 g/mol. The number of nitrogens with zero attached hydrogens (tertiary/aromatic N) is 4. The van der Waals surface area contributed by atoms with Crippen LogP contribution in [0.1, 0.15) is 34.3 Å². The Morgan fingerprint density at radius 3 is 1.89 bits per heavy atom. The zero-order valence-electron chi connectivity index (χ0n) is 29.0. The zero-order chi connectivity index (χ0) is 41.4. The number of alkyl halides is 6. The van der Waals surface area contributed by atoms with Crippen molar-refractivity contribution < 1.29 is 64.5 Å². The van der Waals surface area contributed by atoms with Crippen molar-refractivity contribution in [1.82, 2.24) is 24.9 Å². The number of aliphatic carboxylic acids is 2. The van der Waals surface area contributed by atoms with Crippen LogP contribution in [0.5, 0.6) is 0 Å². The first-order valence-electron chi connectivity index (χ1n) is 16.6. The number of para-hydroxylation sites is 1. The molecular formula is C36H33F8N5O7. The third-order valence-electron chi connectivity index (χ3n) is 8.77. The van der Waals surface area contributed by atoms with Gasteiger partial charge in [-0.15, -0.1) is 0 Å². The molecule has 20 heteroatoms. The van der Waals surface area contributed by atoms with E-state index in [0.29, 0.717) is 42.4 Å². The number of carbonyl (C=O) groups is 4. The Labute approximate surface area is 311 Å². The molecule has 300 valence electrons. The molecule has 2 aliphatic rings. The Bertz CT molecular complexity index is 2090. The van der Waals surface area contributed by atoms with Crippen LogP contribution in [-0.4, -0.2) is 104 Å². The fraction of sp³-hybridized carbons (Fsp3) is 0.333. The third kappa shape index (κ3) is 10.9. The van der Waals surface area contributed by atoms with Gasteiger partial charge in [-0.25, -0.2) is 18.4 Å². The number of carboxylic acids is 2. The topological polar surface area (TPSA) is 162 Å². The van der Waals surface area contributed by atoms with Crippen molar-refractivity contribution in [3.63, 3.8) is 0 Å². The van der Waals surface area contributed by atoms with Crippen LogP contribution < -0.4 is 10.7 Å². The van der Waals surface area contributed by atoms with Gasteiger partial charge in [0.2, 0.25) is 11.3 Å².